The average molecular weight is 394 g/mol. The number of carbonyl (C=O) groups excluding carboxylic acids is 1. The molecular weight excluding hydrogens is 374 g/mol. The SMILES string of the molecule is O=C(Oc1cccc(Cl)c1)c1cccc(S(=O)(=O)N2CCCCCC2)c1. The van der Waals surface area contributed by atoms with Crippen LogP contribution in [0.4, 0.5) is 0 Å². The second-order valence-electron chi connectivity index (χ2n) is 6.19. The van der Waals surface area contributed by atoms with Crippen LogP contribution in [0.1, 0.15) is 36.0 Å². The average Bonchev–Trinajstić information content (AvgIpc) is 2.92. The van der Waals surface area contributed by atoms with Gasteiger partial charge in [0.15, 0.2) is 0 Å². The van der Waals surface area contributed by atoms with Crippen molar-refractivity contribution in [2.24, 2.45) is 0 Å². The molecule has 0 N–H and O–H groups in total. The molecule has 0 spiro atoms. The Balaban J connectivity index is 1.82. The lowest BCUT2D eigenvalue weighted by Gasteiger charge is -2.20. The first-order valence-electron chi connectivity index (χ1n) is 8.55. The third kappa shape index (κ3) is 4.44. The summed E-state index contributed by atoms with van der Waals surface area (Å²) in [5, 5.41) is 0.452. The number of hydrogen-bond acceptors (Lipinski definition) is 4. The van der Waals surface area contributed by atoms with Crippen molar-refractivity contribution in [3.05, 3.63) is 59.1 Å². The molecule has 1 fully saturated rings. The summed E-state index contributed by atoms with van der Waals surface area (Å²) in [6.07, 6.45) is 3.79. The normalized spacial score (nSPS) is 16.0. The highest BCUT2D eigenvalue weighted by Crippen LogP contribution is 2.22. The number of hydrogen-bond donors (Lipinski definition) is 0. The summed E-state index contributed by atoms with van der Waals surface area (Å²) < 4.78 is 32.5. The van der Waals surface area contributed by atoms with Crippen LogP contribution in [-0.2, 0) is 10.0 Å². The summed E-state index contributed by atoms with van der Waals surface area (Å²) in [6, 6.07) is 12.5. The van der Waals surface area contributed by atoms with E-state index in [4.69, 9.17) is 16.3 Å². The first-order chi connectivity index (χ1) is 12.5. The number of rotatable bonds is 4. The van der Waals surface area contributed by atoms with Crippen molar-refractivity contribution in [3.8, 4) is 5.75 Å². The van der Waals surface area contributed by atoms with Crippen molar-refractivity contribution in [1.29, 1.82) is 0 Å². The minimum Gasteiger partial charge on any atom is -0.423 e. The quantitative estimate of drug-likeness (QED) is 0.578. The Labute approximate surface area is 158 Å². The van der Waals surface area contributed by atoms with Crippen LogP contribution in [0.15, 0.2) is 53.4 Å². The number of sulfonamides is 1. The van der Waals surface area contributed by atoms with Gasteiger partial charge in [-0.3, -0.25) is 0 Å². The van der Waals surface area contributed by atoms with Gasteiger partial charge < -0.3 is 4.74 Å². The number of halogens is 1. The molecule has 0 amide bonds. The Hall–Kier alpha value is -1.89. The molecule has 0 atom stereocenters. The number of ether oxygens (including phenoxy) is 1. The molecule has 0 saturated carbocycles. The van der Waals surface area contributed by atoms with Crippen LogP contribution in [0.5, 0.6) is 5.75 Å². The zero-order valence-electron chi connectivity index (χ0n) is 14.2. The Bertz CT molecular complexity index is 890. The third-order valence-electron chi connectivity index (χ3n) is 4.28. The molecule has 5 nitrogen and oxygen atoms in total. The summed E-state index contributed by atoms with van der Waals surface area (Å²) in [5.74, 6) is -0.316. The molecule has 1 aliphatic heterocycles. The van der Waals surface area contributed by atoms with E-state index >= 15 is 0 Å². The Morgan fingerprint density at radius 3 is 2.35 bits per heavy atom. The van der Waals surface area contributed by atoms with Crippen LogP contribution in [0.3, 0.4) is 0 Å². The lowest BCUT2D eigenvalue weighted by Crippen LogP contribution is -2.32. The zero-order chi connectivity index (χ0) is 18.6. The van der Waals surface area contributed by atoms with Crippen LogP contribution >= 0.6 is 11.6 Å². The molecule has 26 heavy (non-hydrogen) atoms. The van der Waals surface area contributed by atoms with Gasteiger partial charge in [-0.2, -0.15) is 4.31 Å². The number of benzene rings is 2. The lowest BCUT2D eigenvalue weighted by atomic mass is 10.2. The number of esters is 1. The minimum atomic E-state index is -3.62. The van der Waals surface area contributed by atoms with E-state index in [1.165, 1.54) is 28.6 Å². The smallest absolute Gasteiger partial charge is 0.343 e. The third-order valence-corrected chi connectivity index (χ3v) is 6.41. The van der Waals surface area contributed by atoms with Gasteiger partial charge in [-0.05, 0) is 49.2 Å². The molecule has 1 aliphatic rings. The fraction of sp³-hybridized carbons (Fsp3) is 0.316. The van der Waals surface area contributed by atoms with Crippen LogP contribution in [0, 0.1) is 0 Å². The first-order valence-corrected chi connectivity index (χ1v) is 10.4. The highest BCUT2D eigenvalue weighted by Gasteiger charge is 2.26. The predicted octanol–water partition coefficient (Wildman–Crippen LogP) is 4.12. The van der Waals surface area contributed by atoms with Gasteiger partial charge in [0.25, 0.3) is 0 Å². The molecule has 1 heterocycles. The van der Waals surface area contributed by atoms with Gasteiger partial charge in [0.05, 0.1) is 10.5 Å². The second kappa shape index (κ2) is 8.20. The highest BCUT2D eigenvalue weighted by atomic mass is 35.5. The predicted molar refractivity (Wildman–Crippen MR) is 100 cm³/mol. The molecule has 7 heteroatoms. The summed E-state index contributed by atoms with van der Waals surface area (Å²) in [7, 11) is -3.62. The molecule has 3 rings (SSSR count). The van der Waals surface area contributed by atoms with E-state index in [1.807, 2.05) is 0 Å². The fourth-order valence-electron chi connectivity index (χ4n) is 2.91. The largest absolute Gasteiger partial charge is 0.423 e. The van der Waals surface area contributed by atoms with Gasteiger partial charge in [0, 0.05) is 18.1 Å². The molecule has 138 valence electrons. The van der Waals surface area contributed by atoms with E-state index in [2.05, 4.69) is 0 Å². The topological polar surface area (TPSA) is 63.7 Å². The van der Waals surface area contributed by atoms with Gasteiger partial charge in [-0.25, -0.2) is 13.2 Å². The van der Waals surface area contributed by atoms with Crippen molar-refractivity contribution in [2.45, 2.75) is 30.6 Å². The van der Waals surface area contributed by atoms with E-state index in [0.717, 1.165) is 25.7 Å². The van der Waals surface area contributed by atoms with Gasteiger partial charge in [0.2, 0.25) is 10.0 Å². The summed E-state index contributed by atoms with van der Waals surface area (Å²) >= 11 is 5.88. The highest BCUT2D eigenvalue weighted by molar-refractivity contribution is 7.89. The summed E-state index contributed by atoms with van der Waals surface area (Å²) in [4.78, 5) is 12.5. The number of carbonyl (C=O) groups is 1. The van der Waals surface area contributed by atoms with Gasteiger partial charge in [-0.1, -0.05) is 36.6 Å². The molecule has 0 aromatic heterocycles. The van der Waals surface area contributed by atoms with Gasteiger partial charge in [-0.15, -0.1) is 0 Å². The van der Waals surface area contributed by atoms with Gasteiger partial charge >= 0.3 is 5.97 Å². The molecule has 0 unspecified atom stereocenters. The monoisotopic (exact) mass is 393 g/mol. The van der Waals surface area contributed by atoms with Crippen molar-refractivity contribution in [2.75, 3.05) is 13.1 Å². The Morgan fingerprint density at radius 2 is 1.65 bits per heavy atom. The maximum atomic E-state index is 12.9. The maximum Gasteiger partial charge on any atom is 0.343 e. The standard InChI is InChI=1S/C19H20ClNO4S/c20-16-8-6-9-17(14-16)25-19(22)15-7-5-10-18(13-15)26(23,24)21-11-3-1-2-4-12-21/h5-10,13-14H,1-4,11-12H2. The number of nitrogens with zero attached hydrogens (tertiary/aromatic N) is 1. The van der Waals surface area contributed by atoms with E-state index in [-0.39, 0.29) is 10.5 Å². The molecule has 2 aromatic rings. The Kier molecular flexibility index (Phi) is 5.96. The van der Waals surface area contributed by atoms with Crippen LogP contribution in [0.25, 0.3) is 0 Å². The summed E-state index contributed by atoms with van der Waals surface area (Å²) in [5.41, 5.74) is 0.181. The Morgan fingerprint density at radius 1 is 0.962 bits per heavy atom. The minimum absolute atomic E-state index is 0.111. The van der Waals surface area contributed by atoms with Crippen molar-refractivity contribution in [1.82, 2.24) is 4.31 Å². The van der Waals surface area contributed by atoms with Crippen LogP contribution < -0.4 is 4.74 Å². The van der Waals surface area contributed by atoms with Crippen molar-refractivity contribution < 1.29 is 17.9 Å². The van der Waals surface area contributed by atoms with E-state index < -0.39 is 16.0 Å². The molecule has 0 aliphatic carbocycles. The van der Waals surface area contributed by atoms with Crippen molar-refractivity contribution in [3.63, 3.8) is 0 Å². The molecule has 0 bridgehead atoms. The molecule has 2 aromatic carbocycles. The molecule has 1 saturated heterocycles. The van der Waals surface area contributed by atoms with E-state index in [0.29, 0.717) is 23.9 Å². The lowest BCUT2D eigenvalue weighted by molar-refractivity contribution is 0.0734. The zero-order valence-corrected chi connectivity index (χ0v) is 15.8. The summed E-state index contributed by atoms with van der Waals surface area (Å²) in [6.45, 7) is 1.03. The second-order valence-corrected chi connectivity index (χ2v) is 8.57. The van der Waals surface area contributed by atoms with E-state index in [9.17, 15) is 13.2 Å². The van der Waals surface area contributed by atoms with Crippen LogP contribution in [-0.4, -0.2) is 31.8 Å². The molecule has 0 radical (unpaired) electrons. The first kappa shape index (κ1) is 18.9. The van der Waals surface area contributed by atoms with Gasteiger partial charge in [0.1, 0.15) is 5.75 Å². The van der Waals surface area contributed by atoms with E-state index in [1.54, 1.807) is 24.3 Å². The molecular formula is C19H20ClNO4S. The maximum absolute atomic E-state index is 12.9. The fourth-order valence-corrected chi connectivity index (χ4v) is 4.65. The van der Waals surface area contributed by atoms with Crippen molar-refractivity contribution >= 4 is 27.6 Å². The van der Waals surface area contributed by atoms with Crippen LogP contribution in [0.2, 0.25) is 5.02 Å².